The van der Waals surface area contributed by atoms with E-state index in [-0.39, 0.29) is 11.1 Å². The number of fused-ring (bicyclic) bond motifs is 1. The van der Waals surface area contributed by atoms with Crippen molar-refractivity contribution in [1.82, 2.24) is 5.06 Å². The lowest BCUT2D eigenvalue weighted by Crippen LogP contribution is -2.46. The van der Waals surface area contributed by atoms with Crippen molar-refractivity contribution in [3.63, 3.8) is 0 Å². The predicted octanol–water partition coefficient (Wildman–Crippen LogP) is 4.72. The van der Waals surface area contributed by atoms with E-state index in [1.807, 2.05) is 18.2 Å². The molecule has 1 fully saturated rings. The molecule has 1 unspecified atom stereocenters. The average Bonchev–Trinajstić information content (AvgIpc) is 2.90. The SMILES string of the molecule is C=C/C=C/C1=C(c2ccccc2)ON2C(C)(C)CCC12C. The van der Waals surface area contributed by atoms with Crippen LogP contribution in [-0.2, 0) is 4.84 Å². The second kappa shape index (κ2) is 4.88. The van der Waals surface area contributed by atoms with Crippen LogP contribution in [0, 0.1) is 0 Å². The van der Waals surface area contributed by atoms with Gasteiger partial charge in [0.25, 0.3) is 0 Å². The van der Waals surface area contributed by atoms with Crippen LogP contribution >= 0.6 is 0 Å². The molecule has 0 aliphatic carbocycles. The third-order valence-corrected chi connectivity index (χ3v) is 4.66. The first kappa shape index (κ1) is 14.2. The lowest BCUT2D eigenvalue weighted by Gasteiger charge is -2.35. The molecule has 2 aliphatic rings. The quantitative estimate of drug-likeness (QED) is 0.743. The fourth-order valence-corrected chi connectivity index (χ4v) is 3.49. The van der Waals surface area contributed by atoms with Crippen molar-refractivity contribution < 1.29 is 4.84 Å². The molecule has 2 heteroatoms. The average molecular weight is 281 g/mol. The Hall–Kier alpha value is -1.80. The Morgan fingerprint density at radius 2 is 1.86 bits per heavy atom. The lowest BCUT2D eigenvalue weighted by molar-refractivity contribution is -0.161. The minimum absolute atomic E-state index is 0.0541. The number of nitrogens with zero attached hydrogens (tertiary/aromatic N) is 1. The lowest BCUT2D eigenvalue weighted by atomic mass is 9.88. The molecule has 2 aliphatic heterocycles. The molecule has 0 spiro atoms. The molecule has 0 N–H and O–H groups in total. The van der Waals surface area contributed by atoms with Gasteiger partial charge in [-0.3, -0.25) is 0 Å². The minimum atomic E-state index is -0.0613. The number of hydrogen-bond acceptors (Lipinski definition) is 2. The van der Waals surface area contributed by atoms with E-state index in [0.717, 1.165) is 24.2 Å². The zero-order valence-corrected chi connectivity index (χ0v) is 13.1. The summed E-state index contributed by atoms with van der Waals surface area (Å²) in [5.74, 6) is 0.976. The minimum Gasteiger partial charge on any atom is -0.404 e. The number of allylic oxidation sites excluding steroid dienone is 2. The summed E-state index contributed by atoms with van der Waals surface area (Å²) in [5.41, 5.74) is 2.37. The molecule has 0 radical (unpaired) electrons. The first-order chi connectivity index (χ1) is 9.99. The van der Waals surface area contributed by atoms with Crippen molar-refractivity contribution in [3.05, 3.63) is 66.3 Å². The summed E-state index contributed by atoms with van der Waals surface area (Å²) in [5, 5.41) is 2.19. The summed E-state index contributed by atoms with van der Waals surface area (Å²) in [4.78, 5) is 6.33. The summed E-state index contributed by atoms with van der Waals surface area (Å²) in [6.07, 6.45) is 8.21. The van der Waals surface area contributed by atoms with Gasteiger partial charge in [-0.1, -0.05) is 55.1 Å². The topological polar surface area (TPSA) is 12.5 Å². The number of hydroxylamine groups is 2. The molecular formula is C19H23NO. The van der Waals surface area contributed by atoms with Gasteiger partial charge in [0.2, 0.25) is 0 Å². The first-order valence-electron chi connectivity index (χ1n) is 7.57. The molecule has 0 bridgehead atoms. The molecule has 0 saturated carbocycles. The van der Waals surface area contributed by atoms with Crippen molar-refractivity contribution in [2.24, 2.45) is 0 Å². The summed E-state index contributed by atoms with van der Waals surface area (Å²) >= 11 is 0. The van der Waals surface area contributed by atoms with Gasteiger partial charge in [0.1, 0.15) is 0 Å². The first-order valence-corrected chi connectivity index (χ1v) is 7.57. The summed E-state index contributed by atoms with van der Waals surface area (Å²) in [6, 6.07) is 10.4. The van der Waals surface area contributed by atoms with Crippen molar-refractivity contribution >= 4 is 5.76 Å². The Labute approximate surface area is 127 Å². The highest BCUT2D eigenvalue weighted by Gasteiger charge is 2.56. The molecule has 1 saturated heterocycles. The Kier molecular flexibility index (Phi) is 3.29. The van der Waals surface area contributed by atoms with Crippen LogP contribution in [-0.4, -0.2) is 16.1 Å². The Bertz CT molecular complexity index is 612. The van der Waals surface area contributed by atoms with Gasteiger partial charge >= 0.3 is 0 Å². The molecule has 21 heavy (non-hydrogen) atoms. The molecule has 0 amide bonds. The Balaban J connectivity index is 2.12. The highest BCUT2D eigenvalue weighted by molar-refractivity contribution is 5.70. The van der Waals surface area contributed by atoms with Crippen molar-refractivity contribution in [1.29, 1.82) is 0 Å². The van der Waals surface area contributed by atoms with Gasteiger partial charge in [-0.05, 0) is 33.6 Å². The zero-order valence-electron chi connectivity index (χ0n) is 13.1. The van der Waals surface area contributed by atoms with Crippen molar-refractivity contribution in [3.8, 4) is 0 Å². The largest absolute Gasteiger partial charge is 0.404 e. The van der Waals surface area contributed by atoms with E-state index in [4.69, 9.17) is 4.84 Å². The van der Waals surface area contributed by atoms with Crippen LogP contribution in [0.5, 0.6) is 0 Å². The van der Waals surface area contributed by atoms with Gasteiger partial charge in [0, 0.05) is 11.1 Å². The molecule has 2 nitrogen and oxygen atoms in total. The summed E-state index contributed by atoms with van der Waals surface area (Å²) in [6.45, 7) is 10.6. The van der Waals surface area contributed by atoms with Gasteiger partial charge in [0.05, 0.1) is 11.1 Å². The van der Waals surface area contributed by atoms with E-state index in [0.29, 0.717) is 0 Å². The molecule has 1 aromatic rings. The molecule has 110 valence electrons. The molecule has 3 rings (SSSR count). The van der Waals surface area contributed by atoms with E-state index in [9.17, 15) is 0 Å². The zero-order chi connectivity index (χ0) is 15.1. The number of hydrogen-bond donors (Lipinski definition) is 0. The van der Waals surface area contributed by atoms with E-state index < -0.39 is 0 Å². The normalized spacial score (nSPS) is 28.0. The van der Waals surface area contributed by atoms with Crippen LogP contribution in [0.2, 0.25) is 0 Å². The fourth-order valence-electron chi connectivity index (χ4n) is 3.49. The maximum absolute atomic E-state index is 6.33. The van der Waals surface area contributed by atoms with Crippen LogP contribution < -0.4 is 0 Å². The highest BCUT2D eigenvalue weighted by atomic mass is 16.7. The van der Waals surface area contributed by atoms with Gasteiger partial charge < -0.3 is 4.84 Å². The number of rotatable bonds is 3. The summed E-state index contributed by atoms with van der Waals surface area (Å²) in [7, 11) is 0. The molecular weight excluding hydrogens is 258 g/mol. The van der Waals surface area contributed by atoms with Crippen LogP contribution in [0.15, 0.2) is 60.7 Å². The second-order valence-electron chi connectivity index (χ2n) is 6.68. The van der Waals surface area contributed by atoms with Crippen molar-refractivity contribution in [2.45, 2.75) is 44.7 Å². The van der Waals surface area contributed by atoms with Gasteiger partial charge in [0.15, 0.2) is 5.76 Å². The van der Waals surface area contributed by atoms with Crippen molar-refractivity contribution in [2.75, 3.05) is 0 Å². The maximum Gasteiger partial charge on any atom is 0.159 e. The van der Waals surface area contributed by atoms with Gasteiger partial charge in [-0.15, -0.1) is 5.06 Å². The molecule has 2 heterocycles. The predicted molar refractivity (Wildman–Crippen MR) is 87.3 cm³/mol. The smallest absolute Gasteiger partial charge is 0.159 e. The molecule has 1 atom stereocenters. The third-order valence-electron chi connectivity index (χ3n) is 4.66. The Morgan fingerprint density at radius 1 is 1.14 bits per heavy atom. The van der Waals surface area contributed by atoms with Crippen LogP contribution in [0.1, 0.15) is 39.2 Å². The molecule has 1 aromatic carbocycles. The van der Waals surface area contributed by atoms with Crippen LogP contribution in [0.4, 0.5) is 0 Å². The third kappa shape index (κ3) is 2.14. The van der Waals surface area contributed by atoms with Crippen LogP contribution in [0.3, 0.4) is 0 Å². The summed E-state index contributed by atoms with van der Waals surface area (Å²) < 4.78 is 0. The van der Waals surface area contributed by atoms with E-state index in [2.05, 4.69) is 62.8 Å². The highest BCUT2D eigenvalue weighted by Crippen LogP contribution is 2.53. The van der Waals surface area contributed by atoms with Gasteiger partial charge in [-0.2, -0.15) is 0 Å². The maximum atomic E-state index is 6.33. The fraction of sp³-hybridized carbons (Fsp3) is 0.368. The molecule has 0 aromatic heterocycles. The standard InChI is InChI=1S/C19H23NO/c1-5-6-12-16-17(15-10-8-7-9-11-15)21-20-18(2,3)13-14-19(16,20)4/h5-12H,1,13-14H2,2-4H3/b12-6+. The second-order valence-corrected chi connectivity index (χ2v) is 6.68. The van der Waals surface area contributed by atoms with E-state index >= 15 is 0 Å². The van der Waals surface area contributed by atoms with E-state index in [1.54, 1.807) is 0 Å². The van der Waals surface area contributed by atoms with Crippen LogP contribution in [0.25, 0.3) is 5.76 Å². The van der Waals surface area contributed by atoms with Gasteiger partial charge in [-0.25, -0.2) is 0 Å². The number of benzene rings is 1. The van der Waals surface area contributed by atoms with E-state index in [1.165, 1.54) is 5.57 Å². The monoisotopic (exact) mass is 281 g/mol. The Morgan fingerprint density at radius 3 is 2.52 bits per heavy atom.